The minimum Gasteiger partial charge on any atom is -0.288 e. The number of halogens is 1. The van der Waals surface area contributed by atoms with Gasteiger partial charge < -0.3 is 0 Å². The van der Waals surface area contributed by atoms with Gasteiger partial charge in [-0.15, -0.1) is 0 Å². The number of amides is 3. The summed E-state index contributed by atoms with van der Waals surface area (Å²) in [6, 6.07) is 21.4. The molecule has 3 aromatic carbocycles. The van der Waals surface area contributed by atoms with E-state index in [4.69, 9.17) is 11.6 Å². The van der Waals surface area contributed by atoms with Crippen LogP contribution < -0.4 is 4.90 Å². The van der Waals surface area contributed by atoms with Crippen LogP contribution in [-0.4, -0.2) is 22.6 Å². The lowest BCUT2D eigenvalue weighted by Gasteiger charge is -2.45. The Morgan fingerprint density at radius 3 is 2.38 bits per heavy atom. The zero-order valence-corrected chi connectivity index (χ0v) is 18.1. The first-order valence-corrected chi connectivity index (χ1v) is 10.5. The largest absolute Gasteiger partial charge is 0.288 e. The van der Waals surface area contributed by atoms with Crippen LogP contribution in [0.25, 0.3) is 5.57 Å². The second-order valence-electron chi connectivity index (χ2n) is 7.93. The first-order valence-electron chi connectivity index (χ1n) is 10.2. The molecule has 1 unspecified atom stereocenters. The van der Waals surface area contributed by atoms with Crippen molar-refractivity contribution in [2.24, 2.45) is 0 Å². The van der Waals surface area contributed by atoms with Gasteiger partial charge in [-0.3, -0.25) is 24.2 Å². The Morgan fingerprint density at radius 1 is 0.969 bits per heavy atom. The summed E-state index contributed by atoms with van der Waals surface area (Å²) < 4.78 is 0. The molecule has 0 saturated heterocycles. The van der Waals surface area contributed by atoms with Crippen molar-refractivity contribution < 1.29 is 14.4 Å². The molecule has 0 fully saturated rings. The monoisotopic (exact) mass is 442 g/mol. The molecule has 32 heavy (non-hydrogen) atoms. The van der Waals surface area contributed by atoms with E-state index in [1.165, 1.54) is 16.7 Å². The number of anilines is 1. The lowest BCUT2D eigenvalue weighted by atomic mass is 9.75. The molecule has 2 aliphatic rings. The van der Waals surface area contributed by atoms with Gasteiger partial charge in [0.1, 0.15) is 0 Å². The average Bonchev–Trinajstić information content (AvgIpc) is 3.06. The van der Waals surface area contributed by atoms with Gasteiger partial charge in [-0.25, -0.2) is 0 Å². The Labute approximate surface area is 190 Å². The van der Waals surface area contributed by atoms with E-state index in [0.29, 0.717) is 27.4 Å². The van der Waals surface area contributed by atoms with E-state index in [1.807, 2.05) is 48.5 Å². The Balaban J connectivity index is 1.80. The molecule has 1 atom stereocenters. The molecule has 0 aromatic heterocycles. The normalized spacial score (nSPS) is 19.4. The Bertz CT molecular complexity index is 1320. The van der Waals surface area contributed by atoms with Crippen LogP contribution in [0.3, 0.4) is 0 Å². The third-order valence-electron chi connectivity index (χ3n) is 6.14. The van der Waals surface area contributed by atoms with Gasteiger partial charge in [0.05, 0.1) is 12.2 Å². The summed E-state index contributed by atoms with van der Waals surface area (Å²) in [6.07, 6.45) is 0. The lowest BCUT2D eigenvalue weighted by Crippen LogP contribution is -2.61. The molecule has 1 spiro atoms. The molecule has 158 valence electrons. The molecule has 0 aliphatic carbocycles. The van der Waals surface area contributed by atoms with Crippen molar-refractivity contribution in [3.8, 4) is 0 Å². The number of imide groups is 1. The number of nitrogens with zero attached hydrogens (tertiary/aromatic N) is 2. The first kappa shape index (κ1) is 20.2. The molecular weight excluding hydrogens is 424 g/mol. The number of benzene rings is 3. The predicted molar refractivity (Wildman–Crippen MR) is 123 cm³/mol. The van der Waals surface area contributed by atoms with Gasteiger partial charge in [-0.05, 0) is 29.3 Å². The van der Waals surface area contributed by atoms with Crippen molar-refractivity contribution in [2.45, 2.75) is 19.0 Å². The molecule has 2 aliphatic heterocycles. The van der Waals surface area contributed by atoms with Crippen molar-refractivity contribution in [3.05, 3.63) is 107 Å². The van der Waals surface area contributed by atoms with Crippen molar-refractivity contribution in [3.63, 3.8) is 0 Å². The van der Waals surface area contributed by atoms with Crippen LogP contribution >= 0.6 is 11.6 Å². The number of para-hydroxylation sites is 1. The highest BCUT2D eigenvalue weighted by atomic mass is 35.5. The molecule has 5 rings (SSSR count). The third kappa shape index (κ3) is 2.61. The molecule has 6 heteroatoms. The predicted octanol–water partition coefficient (Wildman–Crippen LogP) is 4.80. The zero-order chi connectivity index (χ0) is 22.6. The summed E-state index contributed by atoms with van der Waals surface area (Å²) in [5.74, 6) is -1.27. The van der Waals surface area contributed by atoms with Gasteiger partial charge in [0.25, 0.3) is 11.8 Å². The minimum atomic E-state index is -1.56. The van der Waals surface area contributed by atoms with Crippen LogP contribution in [0.2, 0.25) is 5.02 Å². The maximum Gasteiger partial charge on any atom is 0.265 e. The molecule has 3 aromatic rings. The fourth-order valence-corrected chi connectivity index (χ4v) is 4.99. The van der Waals surface area contributed by atoms with E-state index in [9.17, 15) is 14.4 Å². The fraction of sp³-hybridized carbons (Fsp3) is 0.115. The van der Waals surface area contributed by atoms with Crippen molar-refractivity contribution in [2.75, 3.05) is 4.90 Å². The Morgan fingerprint density at radius 2 is 1.66 bits per heavy atom. The Hall–Kier alpha value is -3.70. The van der Waals surface area contributed by atoms with E-state index >= 15 is 0 Å². The number of carbonyl (C=O) groups excluding carboxylic acids is 3. The summed E-state index contributed by atoms with van der Waals surface area (Å²) in [5.41, 5.74) is 1.69. The van der Waals surface area contributed by atoms with Crippen LogP contribution in [0, 0.1) is 0 Å². The summed E-state index contributed by atoms with van der Waals surface area (Å²) in [5, 5.41) is 0.372. The third-order valence-corrected chi connectivity index (χ3v) is 6.38. The van der Waals surface area contributed by atoms with Gasteiger partial charge in [-0.1, -0.05) is 72.8 Å². The average molecular weight is 443 g/mol. The summed E-state index contributed by atoms with van der Waals surface area (Å²) in [4.78, 5) is 43.4. The highest BCUT2D eigenvalue weighted by molar-refractivity contribution is 6.32. The first-order chi connectivity index (χ1) is 15.4. The van der Waals surface area contributed by atoms with Gasteiger partial charge in [0, 0.05) is 28.6 Å². The topological polar surface area (TPSA) is 57.7 Å². The number of hydrogen-bond acceptors (Lipinski definition) is 3. The standard InChI is InChI=1S/C26H19ClN2O3/c1-16-20-10-6-7-11-23(20)29(17(2)30)26(16)22-13-12-19(27)14-21(22)24(31)28(25(26)32)15-18-8-4-3-5-9-18/h3-14H,1,15H2,2H3. The molecular formula is C26H19ClN2O3. The maximum absolute atomic E-state index is 14.2. The van der Waals surface area contributed by atoms with Crippen LogP contribution in [0.5, 0.6) is 0 Å². The summed E-state index contributed by atoms with van der Waals surface area (Å²) in [7, 11) is 0. The summed E-state index contributed by atoms with van der Waals surface area (Å²) in [6.45, 7) is 5.74. The maximum atomic E-state index is 14.2. The van der Waals surface area contributed by atoms with Crippen LogP contribution in [-0.2, 0) is 21.7 Å². The van der Waals surface area contributed by atoms with Crippen molar-refractivity contribution >= 4 is 40.6 Å². The Kier molecular flexibility index (Phi) is 4.53. The van der Waals surface area contributed by atoms with E-state index in [2.05, 4.69) is 6.58 Å². The van der Waals surface area contributed by atoms with E-state index < -0.39 is 17.4 Å². The zero-order valence-electron chi connectivity index (χ0n) is 17.3. The quantitative estimate of drug-likeness (QED) is 0.536. The van der Waals surface area contributed by atoms with E-state index in [-0.39, 0.29) is 18.0 Å². The van der Waals surface area contributed by atoms with Gasteiger partial charge in [-0.2, -0.15) is 0 Å². The highest BCUT2D eigenvalue weighted by Crippen LogP contribution is 2.55. The van der Waals surface area contributed by atoms with Crippen LogP contribution in [0.1, 0.15) is 34.0 Å². The molecule has 0 radical (unpaired) electrons. The second kappa shape index (κ2) is 7.18. The SMILES string of the molecule is C=C1c2ccccc2N(C(C)=O)C12C(=O)N(Cc1ccccc1)C(=O)c1cc(Cl)ccc12. The molecule has 5 nitrogen and oxygen atoms in total. The van der Waals surface area contributed by atoms with Crippen LogP contribution in [0.4, 0.5) is 5.69 Å². The molecule has 3 amide bonds. The highest BCUT2D eigenvalue weighted by Gasteiger charge is 2.61. The van der Waals surface area contributed by atoms with Crippen molar-refractivity contribution in [1.29, 1.82) is 0 Å². The van der Waals surface area contributed by atoms with Crippen LogP contribution in [0.15, 0.2) is 79.4 Å². The number of carbonyl (C=O) groups is 3. The van der Waals surface area contributed by atoms with Gasteiger partial charge in [0.2, 0.25) is 5.91 Å². The fourth-order valence-electron chi connectivity index (χ4n) is 4.81. The molecule has 0 bridgehead atoms. The lowest BCUT2D eigenvalue weighted by molar-refractivity contribution is -0.135. The van der Waals surface area contributed by atoms with E-state index in [1.54, 1.807) is 24.3 Å². The molecule has 0 saturated carbocycles. The van der Waals surface area contributed by atoms with Crippen molar-refractivity contribution in [1.82, 2.24) is 4.90 Å². The minimum absolute atomic E-state index is 0.0710. The molecule has 0 N–H and O–H groups in total. The summed E-state index contributed by atoms with van der Waals surface area (Å²) >= 11 is 6.25. The smallest absolute Gasteiger partial charge is 0.265 e. The number of rotatable bonds is 2. The van der Waals surface area contributed by atoms with Gasteiger partial charge in [0.15, 0.2) is 5.54 Å². The number of hydrogen-bond donors (Lipinski definition) is 0. The molecule has 2 heterocycles. The second-order valence-corrected chi connectivity index (χ2v) is 8.37. The van der Waals surface area contributed by atoms with E-state index in [0.717, 1.165) is 5.56 Å². The van der Waals surface area contributed by atoms with Gasteiger partial charge >= 0.3 is 0 Å². The number of fused-ring (bicyclic) bond motifs is 3.